The summed E-state index contributed by atoms with van der Waals surface area (Å²) in [7, 11) is 0. The third-order valence-electron chi connectivity index (χ3n) is 1.52. The second kappa shape index (κ2) is 5.66. The van der Waals surface area contributed by atoms with Crippen LogP contribution in [0.3, 0.4) is 0 Å². The van der Waals surface area contributed by atoms with Crippen molar-refractivity contribution in [1.29, 1.82) is 0 Å². The Balaban J connectivity index is 3.37. The molecule has 0 spiro atoms. The van der Waals surface area contributed by atoms with Crippen molar-refractivity contribution in [2.24, 2.45) is 5.92 Å². The molecule has 0 saturated carbocycles. The highest BCUT2D eigenvalue weighted by atomic mass is 32.1. The van der Waals surface area contributed by atoms with Crippen molar-refractivity contribution in [2.75, 3.05) is 6.61 Å². The Morgan fingerprint density at radius 2 is 2.10 bits per heavy atom. The summed E-state index contributed by atoms with van der Waals surface area (Å²) in [4.78, 5) is 0. The second-order valence-corrected chi connectivity index (χ2v) is 2.98. The smallest absolute Gasteiger partial charge is 0.159 e. The van der Waals surface area contributed by atoms with Gasteiger partial charge < -0.3 is 4.74 Å². The van der Waals surface area contributed by atoms with E-state index in [0.717, 1.165) is 11.5 Å². The molecule has 1 unspecified atom stereocenters. The van der Waals surface area contributed by atoms with Gasteiger partial charge in [0.2, 0.25) is 0 Å². The molecule has 1 nitrogen and oxygen atoms in total. The molecule has 0 aromatic heterocycles. The molecule has 60 valence electrons. The van der Waals surface area contributed by atoms with Crippen LogP contribution in [-0.4, -0.2) is 11.7 Å². The van der Waals surface area contributed by atoms with Crippen LogP contribution in [0.4, 0.5) is 0 Å². The molecular formula is C8H16OS. The molecule has 0 amide bonds. The van der Waals surface area contributed by atoms with E-state index in [1.54, 1.807) is 0 Å². The van der Waals surface area contributed by atoms with Crippen LogP contribution >= 0.6 is 12.2 Å². The Bertz CT molecular complexity index is 101. The minimum absolute atomic E-state index is 0.666. The average molecular weight is 160 g/mol. The molecular weight excluding hydrogens is 144 g/mol. The molecule has 0 saturated heterocycles. The standard InChI is InChI=1S/C8H16OS/c1-4-7(3)6-8(10)9-5-2/h7H,4-6H2,1-3H3. The van der Waals surface area contributed by atoms with Crippen LogP contribution < -0.4 is 0 Å². The first-order valence-electron chi connectivity index (χ1n) is 3.86. The van der Waals surface area contributed by atoms with Gasteiger partial charge in [-0.1, -0.05) is 20.3 Å². The van der Waals surface area contributed by atoms with Gasteiger partial charge in [-0.05, 0) is 25.1 Å². The largest absolute Gasteiger partial charge is 0.487 e. The Kier molecular flexibility index (Phi) is 5.60. The van der Waals surface area contributed by atoms with Gasteiger partial charge in [0.25, 0.3) is 0 Å². The van der Waals surface area contributed by atoms with Crippen molar-refractivity contribution < 1.29 is 4.74 Å². The molecule has 0 aromatic carbocycles. The van der Waals surface area contributed by atoms with E-state index in [4.69, 9.17) is 17.0 Å². The lowest BCUT2D eigenvalue weighted by Crippen LogP contribution is -2.06. The fourth-order valence-corrected chi connectivity index (χ4v) is 1.05. The summed E-state index contributed by atoms with van der Waals surface area (Å²) in [5.74, 6) is 0.666. The minimum atomic E-state index is 0.666. The van der Waals surface area contributed by atoms with Crippen molar-refractivity contribution >= 4 is 17.3 Å². The fourth-order valence-electron chi connectivity index (χ4n) is 0.649. The highest BCUT2D eigenvalue weighted by molar-refractivity contribution is 7.80. The van der Waals surface area contributed by atoms with Crippen molar-refractivity contribution in [2.45, 2.75) is 33.6 Å². The lowest BCUT2D eigenvalue weighted by atomic mass is 10.1. The normalized spacial score (nSPS) is 12.7. The first-order valence-corrected chi connectivity index (χ1v) is 4.27. The second-order valence-electron chi connectivity index (χ2n) is 2.52. The van der Waals surface area contributed by atoms with Gasteiger partial charge in [-0.3, -0.25) is 0 Å². The number of hydrogen-bond acceptors (Lipinski definition) is 2. The predicted octanol–water partition coefficient (Wildman–Crippen LogP) is 2.79. The summed E-state index contributed by atoms with van der Waals surface area (Å²) in [5.41, 5.74) is 0. The molecule has 0 aliphatic rings. The van der Waals surface area contributed by atoms with E-state index in [1.807, 2.05) is 6.92 Å². The summed E-state index contributed by atoms with van der Waals surface area (Å²) in [6, 6.07) is 0. The molecule has 0 aliphatic heterocycles. The van der Waals surface area contributed by atoms with Gasteiger partial charge in [0, 0.05) is 6.42 Å². The number of thiocarbonyl (C=S) groups is 1. The van der Waals surface area contributed by atoms with Gasteiger partial charge in [-0.2, -0.15) is 0 Å². The lowest BCUT2D eigenvalue weighted by Gasteiger charge is -2.08. The monoisotopic (exact) mass is 160 g/mol. The molecule has 0 N–H and O–H groups in total. The zero-order chi connectivity index (χ0) is 7.98. The lowest BCUT2D eigenvalue weighted by molar-refractivity contribution is 0.319. The number of rotatable bonds is 4. The molecule has 0 rings (SSSR count). The number of ether oxygens (including phenoxy) is 1. The maximum Gasteiger partial charge on any atom is 0.159 e. The van der Waals surface area contributed by atoms with E-state index in [2.05, 4.69) is 13.8 Å². The quantitative estimate of drug-likeness (QED) is 0.585. The molecule has 0 radical (unpaired) electrons. The van der Waals surface area contributed by atoms with Crippen molar-refractivity contribution in [1.82, 2.24) is 0 Å². The van der Waals surface area contributed by atoms with E-state index in [1.165, 1.54) is 6.42 Å². The van der Waals surface area contributed by atoms with Crippen LogP contribution in [0.2, 0.25) is 0 Å². The van der Waals surface area contributed by atoms with Gasteiger partial charge >= 0.3 is 0 Å². The van der Waals surface area contributed by atoms with Gasteiger partial charge in [-0.25, -0.2) is 0 Å². The predicted molar refractivity (Wildman–Crippen MR) is 48.3 cm³/mol. The Labute approximate surface area is 68.8 Å². The summed E-state index contributed by atoms with van der Waals surface area (Å²) >= 11 is 4.97. The van der Waals surface area contributed by atoms with Crippen molar-refractivity contribution in [3.8, 4) is 0 Å². The molecule has 1 atom stereocenters. The first-order chi connectivity index (χ1) is 4.70. The topological polar surface area (TPSA) is 9.23 Å². The van der Waals surface area contributed by atoms with E-state index in [9.17, 15) is 0 Å². The van der Waals surface area contributed by atoms with Crippen molar-refractivity contribution in [3.05, 3.63) is 0 Å². The van der Waals surface area contributed by atoms with Crippen LogP contribution in [0.5, 0.6) is 0 Å². The third-order valence-corrected chi connectivity index (χ3v) is 1.80. The molecule has 0 aromatic rings. The molecule has 0 fully saturated rings. The van der Waals surface area contributed by atoms with Gasteiger partial charge in [-0.15, -0.1) is 0 Å². The highest BCUT2D eigenvalue weighted by Crippen LogP contribution is 2.07. The Morgan fingerprint density at radius 3 is 2.50 bits per heavy atom. The molecule has 0 aliphatic carbocycles. The minimum Gasteiger partial charge on any atom is -0.487 e. The van der Waals surface area contributed by atoms with Gasteiger partial charge in [0.15, 0.2) is 5.05 Å². The van der Waals surface area contributed by atoms with E-state index < -0.39 is 0 Å². The van der Waals surface area contributed by atoms with Crippen LogP contribution in [-0.2, 0) is 4.74 Å². The first kappa shape index (κ1) is 9.89. The van der Waals surface area contributed by atoms with E-state index >= 15 is 0 Å². The van der Waals surface area contributed by atoms with Crippen LogP contribution in [0.15, 0.2) is 0 Å². The Morgan fingerprint density at radius 1 is 1.50 bits per heavy atom. The maximum absolute atomic E-state index is 5.15. The SMILES string of the molecule is CCOC(=S)CC(C)CC. The molecule has 10 heavy (non-hydrogen) atoms. The van der Waals surface area contributed by atoms with Gasteiger partial charge in [0.05, 0.1) is 6.61 Å². The van der Waals surface area contributed by atoms with Gasteiger partial charge in [0.1, 0.15) is 0 Å². The summed E-state index contributed by atoms with van der Waals surface area (Å²) < 4.78 is 5.15. The van der Waals surface area contributed by atoms with Crippen LogP contribution in [0.1, 0.15) is 33.6 Å². The Hall–Kier alpha value is -0.110. The molecule has 0 heterocycles. The maximum atomic E-state index is 5.15. The average Bonchev–Trinajstić information content (AvgIpc) is 1.88. The van der Waals surface area contributed by atoms with E-state index in [0.29, 0.717) is 12.5 Å². The third kappa shape index (κ3) is 4.74. The summed E-state index contributed by atoms with van der Waals surface area (Å²) in [6.45, 7) is 7.02. The molecule has 0 bridgehead atoms. The highest BCUT2D eigenvalue weighted by Gasteiger charge is 2.02. The summed E-state index contributed by atoms with van der Waals surface area (Å²) in [6.07, 6.45) is 2.10. The zero-order valence-corrected chi connectivity index (χ0v) is 7.83. The summed E-state index contributed by atoms with van der Waals surface area (Å²) in [5, 5.41) is 0.761. The molecule has 2 heteroatoms. The zero-order valence-electron chi connectivity index (χ0n) is 7.02. The van der Waals surface area contributed by atoms with Crippen LogP contribution in [0, 0.1) is 5.92 Å². The fraction of sp³-hybridized carbons (Fsp3) is 0.875. The number of hydrogen-bond donors (Lipinski definition) is 0. The van der Waals surface area contributed by atoms with Crippen molar-refractivity contribution in [3.63, 3.8) is 0 Å². The van der Waals surface area contributed by atoms with E-state index in [-0.39, 0.29) is 0 Å². The van der Waals surface area contributed by atoms with Crippen LogP contribution in [0.25, 0.3) is 0 Å².